The molecule has 3 rings (SSSR count). The number of allylic oxidation sites excluding steroid dienone is 1. The molecule has 2 amide bonds. The third-order valence-corrected chi connectivity index (χ3v) is 5.68. The van der Waals surface area contributed by atoms with Crippen molar-refractivity contribution in [1.82, 2.24) is 10.2 Å². The van der Waals surface area contributed by atoms with Gasteiger partial charge in [0, 0.05) is 25.6 Å². The van der Waals surface area contributed by atoms with Gasteiger partial charge in [-0.2, -0.15) is 0 Å². The summed E-state index contributed by atoms with van der Waals surface area (Å²) in [5, 5.41) is 3.06. The Balaban J connectivity index is 1.43. The molecule has 1 saturated carbocycles. The van der Waals surface area contributed by atoms with Gasteiger partial charge in [0.25, 0.3) is 0 Å². The Kier molecular flexibility index (Phi) is 5.74. The maximum Gasteiger partial charge on any atom is 0.225 e. The first kappa shape index (κ1) is 16.5. The highest BCUT2D eigenvalue weighted by molar-refractivity contribution is 5.89. The highest BCUT2D eigenvalue weighted by Gasteiger charge is 2.37. The van der Waals surface area contributed by atoms with Crippen LogP contribution in [0.5, 0.6) is 0 Å². The van der Waals surface area contributed by atoms with Gasteiger partial charge in [-0.15, -0.1) is 0 Å². The molecule has 1 heterocycles. The van der Waals surface area contributed by atoms with Crippen molar-refractivity contribution in [3.05, 3.63) is 11.6 Å². The van der Waals surface area contributed by atoms with Crippen LogP contribution in [0.15, 0.2) is 11.6 Å². The number of amides is 2. The van der Waals surface area contributed by atoms with Gasteiger partial charge in [0.05, 0.1) is 5.92 Å². The second-order valence-electron chi connectivity index (χ2n) is 7.39. The molecule has 2 fully saturated rings. The van der Waals surface area contributed by atoms with Crippen molar-refractivity contribution in [1.29, 1.82) is 0 Å². The average Bonchev–Trinajstić information content (AvgIpc) is 2.98. The number of likely N-dealkylation sites (tertiary alicyclic amines) is 1. The summed E-state index contributed by atoms with van der Waals surface area (Å²) in [6, 6.07) is 0.390. The number of hydrogen-bond donors (Lipinski definition) is 1. The van der Waals surface area contributed by atoms with Crippen molar-refractivity contribution >= 4 is 11.8 Å². The Morgan fingerprint density at radius 3 is 2.74 bits per heavy atom. The first-order chi connectivity index (χ1) is 11.2. The molecule has 4 nitrogen and oxygen atoms in total. The van der Waals surface area contributed by atoms with Crippen LogP contribution in [0.25, 0.3) is 0 Å². The molecule has 0 radical (unpaired) electrons. The molecule has 4 heteroatoms. The topological polar surface area (TPSA) is 49.4 Å². The lowest BCUT2D eigenvalue weighted by atomic mass is 9.94. The van der Waals surface area contributed by atoms with Gasteiger partial charge >= 0.3 is 0 Å². The molecule has 0 aromatic rings. The van der Waals surface area contributed by atoms with Crippen LogP contribution in [0, 0.1) is 5.92 Å². The van der Waals surface area contributed by atoms with Crippen LogP contribution in [0.3, 0.4) is 0 Å². The minimum Gasteiger partial charge on any atom is -0.355 e. The van der Waals surface area contributed by atoms with Crippen LogP contribution < -0.4 is 5.32 Å². The van der Waals surface area contributed by atoms with Crippen molar-refractivity contribution in [2.24, 2.45) is 5.92 Å². The van der Waals surface area contributed by atoms with E-state index in [4.69, 9.17) is 0 Å². The lowest BCUT2D eigenvalue weighted by molar-refractivity contribution is -0.130. The second-order valence-corrected chi connectivity index (χ2v) is 7.39. The number of carbonyl (C=O) groups is 2. The van der Waals surface area contributed by atoms with Crippen LogP contribution in [0.2, 0.25) is 0 Å². The molecule has 1 saturated heterocycles. The molecule has 0 bridgehead atoms. The maximum absolute atomic E-state index is 12.4. The molecule has 0 spiro atoms. The molecule has 0 aromatic heterocycles. The smallest absolute Gasteiger partial charge is 0.225 e. The summed E-state index contributed by atoms with van der Waals surface area (Å²) in [4.78, 5) is 26.6. The van der Waals surface area contributed by atoms with Crippen molar-refractivity contribution in [2.75, 3.05) is 13.1 Å². The third kappa shape index (κ3) is 4.36. The Bertz CT molecular complexity index is 466. The van der Waals surface area contributed by atoms with Gasteiger partial charge in [0.15, 0.2) is 0 Å². The van der Waals surface area contributed by atoms with E-state index in [9.17, 15) is 9.59 Å². The fourth-order valence-electron chi connectivity index (χ4n) is 4.28. The number of hydrogen-bond acceptors (Lipinski definition) is 2. The van der Waals surface area contributed by atoms with Gasteiger partial charge in [-0.05, 0) is 44.9 Å². The van der Waals surface area contributed by atoms with Gasteiger partial charge in [0.2, 0.25) is 11.8 Å². The van der Waals surface area contributed by atoms with Gasteiger partial charge in [-0.25, -0.2) is 0 Å². The molecule has 23 heavy (non-hydrogen) atoms. The zero-order valence-corrected chi connectivity index (χ0v) is 14.2. The monoisotopic (exact) mass is 318 g/mol. The molecule has 2 aliphatic carbocycles. The van der Waals surface area contributed by atoms with Crippen LogP contribution in [0.4, 0.5) is 0 Å². The van der Waals surface area contributed by atoms with Gasteiger partial charge < -0.3 is 10.2 Å². The van der Waals surface area contributed by atoms with E-state index < -0.39 is 0 Å². The standard InChI is InChI=1S/C19H30N2O2/c22-18-13-16(14-21(18)17-9-5-2-6-10-17)19(23)20-12-11-15-7-3-1-4-8-15/h7,16-17H,1-6,8-14H2,(H,20,23)/t16-/m1/s1. The van der Waals surface area contributed by atoms with Crippen molar-refractivity contribution in [3.63, 3.8) is 0 Å². The highest BCUT2D eigenvalue weighted by atomic mass is 16.2. The normalized spacial score (nSPS) is 26.3. The molecule has 128 valence electrons. The summed E-state index contributed by atoms with van der Waals surface area (Å²) in [5.41, 5.74) is 1.49. The summed E-state index contributed by atoms with van der Waals surface area (Å²) in [6.45, 7) is 1.36. The Morgan fingerprint density at radius 2 is 2.00 bits per heavy atom. The van der Waals surface area contributed by atoms with Crippen LogP contribution >= 0.6 is 0 Å². The van der Waals surface area contributed by atoms with Gasteiger partial charge in [-0.1, -0.05) is 30.9 Å². The van der Waals surface area contributed by atoms with Crippen LogP contribution in [-0.2, 0) is 9.59 Å². The lowest BCUT2D eigenvalue weighted by Crippen LogP contribution is -2.39. The SMILES string of the molecule is O=C(NCCC1=CCCCC1)[C@@H]1CC(=O)N(C2CCCCC2)C1. The highest BCUT2D eigenvalue weighted by Crippen LogP contribution is 2.28. The van der Waals surface area contributed by atoms with Crippen molar-refractivity contribution < 1.29 is 9.59 Å². The fraction of sp³-hybridized carbons (Fsp3) is 0.789. The molecule has 1 atom stereocenters. The predicted molar refractivity (Wildman–Crippen MR) is 90.9 cm³/mol. The molecule has 3 aliphatic rings. The van der Waals surface area contributed by atoms with Crippen LogP contribution in [-0.4, -0.2) is 35.8 Å². The summed E-state index contributed by atoms with van der Waals surface area (Å²) >= 11 is 0. The van der Waals surface area contributed by atoms with E-state index in [1.54, 1.807) is 0 Å². The minimum atomic E-state index is -0.134. The molecular formula is C19H30N2O2. The molecular weight excluding hydrogens is 288 g/mol. The average molecular weight is 318 g/mol. The molecule has 0 unspecified atom stereocenters. The van der Waals surface area contributed by atoms with Gasteiger partial charge in [-0.3, -0.25) is 9.59 Å². The van der Waals surface area contributed by atoms with E-state index in [2.05, 4.69) is 11.4 Å². The Labute approximate surface area is 139 Å². The van der Waals surface area contributed by atoms with Crippen molar-refractivity contribution in [2.45, 2.75) is 76.7 Å². The zero-order valence-electron chi connectivity index (χ0n) is 14.2. The largest absolute Gasteiger partial charge is 0.355 e. The first-order valence-corrected chi connectivity index (χ1v) is 9.49. The predicted octanol–water partition coefficient (Wildman–Crippen LogP) is 3.17. The zero-order chi connectivity index (χ0) is 16.1. The van der Waals surface area contributed by atoms with E-state index in [-0.39, 0.29) is 17.7 Å². The summed E-state index contributed by atoms with van der Waals surface area (Å²) < 4.78 is 0. The number of carbonyl (C=O) groups excluding carboxylic acids is 2. The quantitative estimate of drug-likeness (QED) is 0.792. The summed E-state index contributed by atoms with van der Waals surface area (Å²) in [7, 11) is 0. The van der Waals surface area contributed by atoms with E-state index in [0.717, 1.165) is 25.8 Å². The molecule has 1 N–H and O–H groups in total. The van der Waals surface area contributed by atoms with Crippen LogP contribution in [0.1, 0.15) is 70.6 Å². The molecule has 1 aliphatic heterocycles. The Hall–Kier alpha value is -1.32. The van der Waals surface area contributed by atoms with E-state index in [0.29, 0.717) is 19.0 Å². The molecule has 0 aromatic carbocycles. The number of nitrogens with one attached hydrogen (secondary N) is 1. The van der Waals surface area contributed by atoms with E-state index >= 15 is 0 Å². The summed E-state index contributed by atoms with van der Waals surface area (Å²) in [6.07, 6.45) is 14.7. The van der Waals surface area contributed by atoms with E-state index in [1.165, 1.54) is 50.5 Å². The third-order valence-electron chi connectivity index (χ3n) is 5.68. The van der Waals surface area contributed by atoms with E-state index in [1.807, 2.05) is 4.90 Å². The second kappa shape index (κ2) is 7.98. The first-order valence-electron chi connectivity index (χ1n) is 9.49. The number of rotatable bonds is 5. The maximum atomic E-state index is 12.4. The summed E-state index contributed by atoms with van der Waals surface area (Å²) in [5.74, 6) is 0.130. The minimum absolute atomic E-state index is 0.0769. The van der Waals surface area contributed by atoms with Crippen molar-refractivity contribution in [3.8, 4) is 0 Å². The number of nitrogens with zero attached hydrogens (tertiary/aromatic N) is 1. The Morgan fingerprint density at radius 1 is 1.17 bits per heavy atom. The lowest BCUT2D eigenvalue weighted by Gasteiger charge is -2.31. The van der Waals surface area contributed by atoms with Gasteiger partial charge in [0.1, 0.15) is 0 Å². The fourth-order valence-corrected chi connectivity index (χ4v) is 4.28.